The largest absolute Gasteiger partial charge is 0.492 e. The van der Waals surface area contributed by atoms with Crippen molar-refractivity contribution in [1.29, 1.82) is 0 Å². The predicted octanol–water partition coefficient (Wildman–Crippen LogP) is 4.41. The molecule has 1 unspecified atom stereocenters. The van der Waals surface area contributed by atoms with E-state index in [-0.39, 0.29) is 6.10 Å². The third kappa shape index (κ3) is 5.86. The van der Waals surface area contributed by atoms with Crippen LogP contribution in [-0.4, -0.2) is 12.7 Å². The van der Waals surface area contributed by atoms with Crippen LogP contribution in [0.1, 0.15) is 52.9 Å². The van der Waals surface area contributed by atoms with E-state index < -0.39 is 0 Å². The summed E-state index contributed by atoms with van der Waals surface area (Å²) in [5.41, 5.74) is 6.50. The van der Waals surface area contributed by atoms with Gasteiger partial charge in [0.15, 0.2) is 0 Å². The van der Waals surface area contributed by atoms with E-state index in [1.165, 1.54) is 25.7 Å². The van der Waals surface area contributed by atoms with Gasteiger partial charge in [0.2, 0.25) is 0 Å². The highest BCUT2D eigenvalue weighted by atomic mass is 16.5. The van der Waals surface area contributed by atoms with Crippen molar-refractivity contribution in [2.45, 2.75) is 59.0 Å². The van der Waals surface area contributed by atoms with E-state index in [0.717, 1.165) is 12.2 Å². The Kier molecular flexibility index (Phi) is 7.16. The van der Waals surface area contributed by atoms with Gasteiger partial charge < -0.3 is 15.2 Å². The second-order valence-corrected chi connectivity index (χ2v) is 4.91. The Morgan fingerprint density at radius 3 is 2.63 bits per heavy atom. The lowest BCUT2D eigenvalue weighted by Gasteiger charge is -2.16. The van der Waals surface area contributed by atoms with Crippen LogP contribution >= 0.6 is 0 Å². The van der Waals surface area contributed by atoms with Crippen LogP contribution in [-0.2, 0) is 0 Å². The predicted molar refractivity (Wildman–Crippen MR) is 80.9 cm³/mol. The fourth-order valence-corrected chi connectivity index (χ4v) is 2.02. The molecule has 0 saturated heterocycles. The van der Waals surface area contributed by atoms with E-state index in [1.807, 2.05) is 25.1 Å². The molecule has 1 rings (SSSR count). The van der Waals surface area contributed by atoms with Crippen molar-refractivity contribution in [1.82, 2.24) is 0 Å². The molecule has 1 atom stereocenters. The van der Waals surface area contributed by atoms with Crippen LogP contribution in [0.5, 0.6) is 11.5 Å². The standard InChI is InChI=1S/C16H27NO2/c1-4-6-7-8-9-13(3)19-14-10-11-15(17)16(12-14)18-5-2/h10-13H,4-9,17H2,1-3H3. The van der Waals surface area contributed by atoms with Crippen LogP contribution in [0.2, 0.25) is 0 Å². The molecule has 0 heterocycles. The summed E-state index contributed by atoms with van der Waals surface area (Å²) in [6.07, 6.45) is 6.41. The van der Waals surface area contributed by atoms with Gasteiger partial charge in [-0.3, -0.25) is 0 Å². The van der Waals surface area contributed by atoms with Crippen molar-refractivity contribution in [2.24, 2.45) is 0 Å². The molecule has 0 radical (unpaired) electrons. The maximum atomic E-state index is 5.90. The molecule has 1 aromatic carbocycles. The summed E-state index contributed by atoms with van der Waals surface area (Å²) in [7, 11) is 0. The number of anilines is 1. The van der Waals surface area contributed by atoms with Gasteiger partial charge in [-0.2, -0.15) is 0 Å². The van der Waals surface area contributed by atoms with Crippen LogP contribution in [0.25, 0.3) is 0 Å². The summed E-state index contributed by atoms with van der Waals surface area (Å²) in [6.45, 7) is 6.90. The lowest BCUT2D eigenvalue weighted by molar-refractivity contribution is 0.205. The molecule has 108 valence electrons. The molecule has 0 bridgehead atoms. The average molecular weight is 265 g/mol. The molecule has 1 aromatic rings. The van der Waals surface area contributed by atoms with Crippen molar-refractivity contribution in [3.8, 4) is 11.5 Å². The second-order valence-electron chi connectivity index (χ2n) is 4.91. The molecule has 3 nitrogen and oxygen atoms in total. The first-order valence-electron chi connectivity index (χ1n) is 7.36. The number of nitrogens with two attached hydrogens (primary N) is 1. The smallest absolute Gasteiger partial charge is 0.145 e. The molecule has 19 heavy (non-hydrogen) atoms. The van der Waals surface area contributed by atoms with Gasteiger partial charge >= 0.3 is 0 Å². The van der Waals surface area contributed by atoms with Gasteiger partial charge in [-0.25, -0.2) is 0 Å². The van der Waals surface area contributed by atoms with E-state index in [9.17, 15) is 0 Å². The molecule has 0 aliphatic heterocycles. The Labute approximate surface area is 117 Å². The molecular formula is C16H27NO2. The van der Waals surface area contributed by atoms with Crippen LogP contribution in [0.4, 0.5) is 5.69 Å². The van der Waals surface area contributed by atoms with Crippen LogP contribution in [0, 0.1) is 0 Å². The third-order valence-electron chi connectivity index (χ3n) is 3.09. The number of rotatable bonds is 9. The molecule has 0 fully saturated rings. The monoisotopic (exact) mass is 265 g/mol. The minimum Gasteiger partial charge on any atom is -0.492 e. The minimum absolute atomic E-state index is 0.231. The minimum atomic E-state index is 0.231. The van der Waals surface area contributed by atoms with Gasteiger partial charge in [0.05, 0.1) is 18.4 Å². The van der Waals surface area contributed by atoms with Gasteiger partial charge in [-0.1, -0.05) is 26.2 Å². The SMILES string of the molecule is CCCCCCC(C)Oc1ccc(N)c(OCC)c1. The van der Waals surface area contributed by atoms with E-state index >= 15 is 0 Å². The van der Waals surface area contributed by atoms with E-state index in [4.69, 9.17) is 15.2 Å². The third-order valence-corrected chi connectivity index (χ3v) is 3.09. The second kappa shape index (κ2) is 8.68. The van der Waals surface area contributed by atoms with E-state index in [1.54, 1.807) is 0 Å². The van der Waals surface area contributed by atoms with Crippen LogP contribution in [0.3, 0.4) is 0 Å². The topological polar surface area (TPSA) is 44.5 Å². The first-order valence-corrected chi connectivity index (χ1v) is 7.36. The van der Waals surface area contributed by atoms with Gasteiger partial charge in [0.25, 0.3) is 0 Å². The van der Waals surface area contributed by atoms with Crippen molar-refractivity contribution in [3.05, 3.63) is 18.2 Å². The highest BCUT2D eigenvalue weighted by Crippen LogP contribution is 2.28. The number of ether oxygens (including phenoxy) is 2. The quantitative estimate of drug-likeness (QED) is 0.531. The molecule has 0 amide bonds. The van der Waals surface area contributed by atoms with E-state index in [0.29, 0.717) is 18.0 Å². The van der Waals surface area contributed by atoms with Crippen LogP contribution in [0.15, 0.2) is 18.2 Å². The Balaban J connectivity index is 2.45. The number of benzene rings is 1. The molecular weight excluding hydrogens is 238 g/mol. The Morgan fingerprint density at radius 1 is 1.16 bits per heavy atom. The van der Waals surface area contributed by atoms with E-state index in [2.05, 4.69) is 13.8 Å². The molecule has 0 saturated carbocycles. The highest BCUT2D eigenvalue weighted by molar-refractivity contribution is 5.55. The Bertz CT molecular complexity index is 366. The molecule has 2 N–H and O–H groups in total. The Hall–Kier alpha value is -1.38. The lowest BCUT2D eigenvalue weighted by atomic mass is 10.1. The van der Waals surface area contributed by atoms with Gasteiger partial charge in [-0.15, -0.1) is 0 Å². The maximum Gasteiger partial charge on any atom is 0.145 e. The van der Waals surface area contributed by atoms with Crippen molar-refractivity contribution >= 4 is 5.69 Å². The summed E-state index contributed by atoms with van der Waals surface area (Å²) in [5, 5.41) is 0. The zero-order chi connectivity index (χ0) is 14.1. The van der Waals surface area contributed by atoms with Crippen LogP contribution < -0.4 is 15.2 Å². The van der Waals surface area contributed by atoms with Crippen molar-refractivity contribution in [2.75, 3.05) is 12.3 Å². The molecule has 3 heteroatoms. The lowest BCUT2D eigenvalue weighted by Crippen LogP contribution is -2.11. The van der Waals surface area contributed by atoms with Gasteiger partial charge in [0.1, 0.15) is 11.5 Å². The first-order chi connectivity index (χ1) is 9.17. The van der Waals surface area contributed by atoms with Crippen molar-refractivity contribution in [3.63, 3.8) is 0 Å². The molecule has 0 aromatic heterocycles. The fraction of sp³-hybridized carbons (Fsp3) is 0.625. The molecule has 0 aliphatic carbocycles. The number of nitrogen functional groups attached to an aromatic ring is 1. The number of hydrogen-bond donors (Lipinski definition) is 1. The highest BCUT2D eigenvalue weighted by Gasteiger charge is 2.07. The number of unbranched alkanes of at least 4 members (excludes halogenated alkanes) is 3. The van der Waals surface area contributed by atoms with Gasteiger partial charge in [0, 0.05) is 6.07 Å². The van der Waals surface area contributed by atoms with Crippen molar-refractivity contribution < 1.29 is 9.47 Å². The summed E-state index contributed by atoms with van der Waals surface area (Å²) in [6, 6.07) is 5.62. The Morgan fingerprint density at radius 2 is 1.95 bits per heavy atom. The molecule has 0 spiro atoms. The zero-order valence-corrected chi connectivity index (χ0v) is 12.4. The summed E-state index contributed by atoms with van der Waals surface area (Å²) in [5.74, 6) is 1.54. The summed E-state index contributed by atoms with van der Waals surface area (Å²) < 4.78 is 11.4. The average Bonchev–Trinajstić information content (AvgIpc) is 2.39. The fourth-order valence-electron chi connectivity index (χ4n) is 2.02. The zero-order valence-electron chi connectivity index (χ0n) is 12.4. The summed E-state index contributed by atoms with van der Waals surface area (Å²) in [4.78, 5) is 0. The van der Waals surface area contributed by atoms with Gasteiger partial charge in [-0.05, 0) is 38.8 Å². The normalized spacial score (nSPS) is 12.2. The maximum absolute atomic E-state index is 5.90. The number of hydrogen-bond acceptors (Lipinski definition) is 3. The summed E-state index contributed by atoms with van der Waals surface area (Å²) >= 11 is 0. The molecule has 0 aliphatic rings. The first kappa shape index (κ1) is 15.7.